The molecule has 0 aliphatic rings. The van der Waals surface area contributed by atoms with Crippen LogP contribution < -0.4 is 9.47 Å². The maximum atomic E-state index is 11.5. The maximum Gasteiger partial charge on any atom is 0.331 e. The minimum atomic E-state index is -0.459. The number of esters is 1. The molecule has 4 nitrogen and oxygen atoms in total. The van der Waals surface area contributed by atoms with Gasteiger partial charge in [-0.15, -0.1) is 0 Å². The molecule has 0 aliphatic carbocycles. The molecule has 0 N–H and O–H groups in total. The molecule has 5 heteroatoms. The Morgan fingerprint density at radius 1 is 1.23 bits per heavy atom. The molecule has 0 spiro atoms. The zero-order valence-electron chi connectivity index (χ0n) is 14.8. The molecule has 2 aromatic carbocycles. The zero-order chi connectivity index (χ0) is 18.9. The minimum absolute atomic E-state index is 0.166. The van der Waals surface area contributed by atoms with Crippen molar-refractivity contribution in [3.05, 3.63) is 76.8 Å². The predicted octanol–water partition coefficient (Wildman–Crippen LogP) is 4.98. The standard InChI is InChI=1S/C21H21ClO4/c1-4-11-25-20(23)10-9-17-12-18(22)21(19(13-17)24-3)26-14-16-7-5-15(2)6-8-16/h4-10,12-13H,1,11,14H2,2-3H3/b10-9+. The lowest BCUT2D eigenvalue weighted by atomic mass is 10.1. The molecular weight excluding hydrogens is 352 g/mol. The van der Waals surface area contributed by atoms with Crippen molar-refractivity contribution in [2.45, 2.75) is 13.5 Å². The quantitative estimate of drug-likeness (QED) is 0.372. The summed E-state index contributed by atoms with van der Waals surface area (Å²) in [7, 11) is 1.54. The molecule has 0 saturated heterocycles. The van der Waals surface area contributed by atoms with Gasteiger partial charge in [-0.2, -0.15) is 0 Å². The molecule has 2 rings (SSSR count). The van der Waals surface area contributed by atoms with Gasteiger partial charge in [0.05, 0.1) is 12.1 Å². The number of rotatable bonds is 8. The Bertz CT molecular complexity index is 794. The van der Waals surface area contributed by atoms with Gasteiger partial charge >= 0.3 is 5.97 Å². The van der Waals surface area contributed by atoms with Gasteiger partial charge in [-0.05, 0) is 36.3 Å². The Balaban J connectivity index is 2.12. The van der Waals surface area contributed by atoms with Crippen molar-refractivity contribution in [1.82, 2.24) is 0 Å². The van der Waals surface area contributed by atoms with Crippen LogP contribution in [0.15, 0.2) is 55.1 Å². The van der Waals surface area contributed by atoms with Gasteiger partial charge in [0.2, 0.25) is 0 Å². The fraction of sp³-hybridized carbons (Fsp3) is 0.190. The van der Waals surface area contributed by atoms with Crippen molar-refractivity contribution in [1.29, 1.82) is 0 Å². The van der Waals surface area contributed by atoms with Crippen LogP contribution in [-0.2, 0) is 16.1 Å². The van der Waals surface area contributed by atoms with Crippen LogP contribution >= 0.6 is 11.6 Å². The summed E-state index contributed by atoms with van der Waals surface area (Å²) in [5.74, 6) is 0.490. The molecule has 0 heterocycles. The highest BCUT2D eigenvalue weighted by Gasteiger charge is 2.12. The third-order valence-electron chi connectivity index (χ3n) is 3.51. The molecule has 26 heavy (non-hydrogen) atoms. The number of aryl methyl sites for hydroxylation is 1. The van der Waals surface area contributed by atoms with Crippen LogP contribution in [0.5, 0.6) is 11.5 Å². The maximum absolute atomic E-state index is 11.5. The van der Waals surface area contributed by atoms with Gasteiger partial charge in [0, 0.05) is 6.08 Å². The third kappa shape index (κ3) is 5.67. The summed E-state index contributed by atoms with van der Waals surface area (Å²) in [6.07, 6.45) is 4.43. The summed E-state index contributed by atoms with van der Waals surface area (Å²) in [5, 5.41) is 0.399. The highest BCUT2D eigenvalue weighted by molar-refractivity contribution is 6.32. The first-order chi connectivity index (χ1) is 12.5. The molecule has 0 unspecified atom stereocenters. The average Bonchev–Trinajstić information content (AvgIpc) is 2.64. The molecule has 0 bridgehead atoms. The van der Waals surface area contributed by atoms with Crippen LogP contribution in [0.1, 0.15) is 16.7 Å². The van der Waals surface area contributed by atoms with Crippen LogP contribution in [0.2, 0.25) is 5.02 Å². The normalized spacial score (nSPS) is 10.6. The second-order valence-corrected chi connectivity index (χ2v) is 5.97. The molecule has 2 aromatic rings. The van der Waals surface area contributed by atoms with Crippen LogP contribution in [0.25, 0.3) is 6.08 Å². The first-order valence-corrected chi connectivity index (χ1v) is 8.43. The molecule has 0 atom stereocenters. The fourth-order valence-electron chi connectivity index (χ4n) is 2.17. The largest absolute Gasteiger partial charge is 0.493 e. The molecule has 0 radical (unpaired) electrons. The van der Waals surface area contributed by atoms with Crippen molar-refractivity contribution in [2.75, 3.05) is 13.7 Å². The summed E-state index contributed by atoms with van der Waals surface area (Å²) in [6, 6.07) is 11.5. The number of methoxy groups -OCH3 is 1. The van der Waals surface area contributed by atoms with Crippen molar-refractivity contribution in [3.63, 3.8) is 0 Å². The van der Waals surface area contributed by atoms with Crippen molar-refractivity contribution < 1.29 is 19.0 Å². The number of benzene rings is 2. The molecule has 0 amide bonds. The lowest BCUT2D eigenvalue weighted by molar-refractivity contribution is -0.136. The molecular formula is C21H21ClO4. The van der Waals surface area contributed by atoms with E-state index in [0.717, 1.165) is 5.56 Å². The predicted molar refractivity (Wildman–Crippen MR) is 104 cm³/mol. The van der Waals surface area contributed by atoms with E-state index < -0.39 is 5.97 Å². The number of hydrogen-bond acceptors (Lipinski definition) is 4. The van der Waals surface area contributed by atoms with Gasteiger partial charge < -0.3 is 14.2 Å². The zero-order valence-corrected chi connectivity index (χ0v) is 15.6. The topological polar surface area (TPSA) is 44.8 Å². The van der Waals surface area contributed by atoms with E-state index in [4.69, 9.17) is 25.8 Å². The Labute approximate surface area is 158 Å². The van der Waals surface area contributed by atoms with Crippen molar-refractivity contribution >= 4 is 23.6 Å². The number of carbonyl (C=O) groups is 1. The highest BCUT2D eigenvalue weighted by atomic mass is 35.5. The number of hydrogen-bond donors (Lipinski definition) is 0. The van der Waals surface area contributed by atoms with Gasteiger partial charge in [0.15, 0.2) is 11.5 Å². The Morgan fingerprint density at radius 3 is 2.62 bits per heavy atom. The Hall–Kier alpha value is -2.72. The fourth-order valence-corrected chi connectivity index (χ4v) is 2.44. The van der Waals surface area contributed by atoms with E-state index in [2.05, 4.69) is 6.58 Å². The van der Waals surface area contributed by atoms with Gasteiger partial charge in [0.25, 0.3) is 0 Å². The summed E-state index contributed by atoms with van der Waals surface area (Å²) >= 11 is 6.34. The first kappa shape index (κ1) is 19.6. The Kier molecular flexibility index (Phi) is 7.30. The smallest absolute Gasteiger partial charge is 0.331 e. The van der Waals surface area contributed by atoms with E-state index in [1.54, 1.807) is 18.2 Å². The van der Waals surface area contributed by atoms with Crippen molar-refractivity contribution in [3.8, 4) is 11.5 Å². The van der Waals surface area contributed by atoms with Crippen LogP contribution in [0, 0.1) is 6.92 Å². The van der Waals surface area contributed by atoms with E-state index in [1.807, 2.05) is 31.2 Å². The molecule has 0 fully saturated rings. The second kappa shape index (κ2) is 9.68. The molecule has 0 aliphatic heterocycles. The highest BCUT2D eigenvalue weighted by Crippen LogP contribution is 2.37. The Morgan fingerprint density at radius 2 is 1.96 bits per heavy atom. The van der Waals surface area contributed by atoms with E-state index in [1.165, 1.54) is 24.8 Å². The van der Waals surface area contributed by atoms with Crippen molar-refractivity contribution in [2.24, 2.45) is 0 Å². The SMILES string of the molecule is C=CCOC(=O)/C=C/c1cc(Cl)c(OCc2ccc(C)cc2)c(OC)c1. The lowest BCUT2D eigenvalue weighted by Crippen LogP contribution is -2.00. The van der Waals surface area contributed by atoms with Crippen LogP contribution in [0.3, 0.4) is 0 Å². The summed E-state index contributed by atoms with van der Waals surface area (Å²) < 4.78 is 16.1. The molecule has 136 valence electrons. The van der Waals surface area contributed by atoms with E-state index in [9.17, 15) is 4.79 Å². The number of carbonyl (C=O) groups excluding carboxylic acids is 1. The van der Waals surface area contributed by atoms with Crippen LogP contribution in [-0.4, -0.2) is 19.7 Å². The summed E-state index contributed by atoms with van der Waals surface area (Å²) in [5.41, 5.74) is 2.92. The molecule has 0 saturated carbocycles. The second-order valence-electron chi connectivity index (χ2n) is 5.56. The van der Waals surface area contributed by atoms with Crippen LogP contribution in [0.4, 0.5) is 0 Å². The average molecular weight is 373 g/mol. The number of halogens is 1. The summed E-state index contributed by atoms with van der Waals surface area (Å²) in [4.78, 5) is 11.5. The summed E-state index contributed by atoms with van der Waals surface area (Å²) in [6.45, 7) is 6.06. The van der Waals surface area contributed by atoms with E-state index >= 15 is 0 Å². The molecule has 0 aromatic heterocycles. The monoisotopic (exact) mass is 372 g/mol. The van der Waals surface area contributed by atoms with E-state index in [0.29, 0.717) is 28.7 Å². The van der Waals surface area contributed by atoms with E-state index in [-0.39, 0.29) is 6.61 Å². The number of ether oxygens (including phenoxy) is 3. The van der Waals surface area contributed by atoms with Gasteiger partial charge in [-0.25, -0.2) is 4.79 Å². The minimum Gasteiger partial charge on any atom is -0.493 e. The van der Waals surface area contributed by atoms with Gasteiger partial charge in [0.1, 0.15) is 13.2 Å². The van der Waals surface area contributed by atoms with Gasteiger partial charge in [-0.3, -0.25) is 0 Å². The third-order valence-corrected chi connectivity index (χ3v) is 3.79. The van der Waals surface area contributed by atoms with Gasteiger partial charge in [-0.1, -0.05) is 54.1 Å². The lowest BCUT2D eigenvalue weighted by Gasteiger charge is -2.13. The first-order valence-electron chi connectivity index (χ1n) is 8.05.